The van der Waals surface area contributed by atoms with Gasteiger partial charge in [0.15, 0.2) is 9.84 Å². The molecule has 1 heterocycles. The van der Waals surface area contributed by atoms with E-state index in [2.05, 4.69) is 11.6 Å². The first kappa shape index (κ1) is 10.8. The Hall–Kier alpha value is -1.75. The number of halogens is 1. The van der Waals surface area contributed by atoms with Gasteiger partial charge < -0.3 is 0 Å². The van der Waals surface area contributed by atoms with Gasteiger partial charge in [-0.05, 0) is 18.2 Å². The van der Waals surface area contributed by atoms with E-state index >= 15 is 0 Å². The van der Waals surface area contributed by atoms with E-state index in [1.54, 1.807) is 0 Å². The minimum atomic E-state index is -3.58. The average molecular weight is 236 g/mol. The summed E-state index contributed by atoms with van der Waals surface area (Å²) in [6.07, 6.45) is 2.74. The quantitative estimate of drug-likeness (QED) is 0.751. The van der Waals surface area contributed by atoms with Crippen LogP contribution in [0.1, 0.15) is 0 Å². The third-order valence-corrected chi connectivity index (χ3v) is 3.66. The fraction of sp³-hybridized carbons (Fsp3) is 0. The van der Waals surface area contributed by atoms with Crippen LogP contribution in [0.5, 0.6) is 0 Å². The molecule has 5 heteroatoms. The zero-order valence-corrected chi connectivity index (χ0v) is 9.04. The second-order valence-corrected chi connectivity index (χ2v) is 5.04. The number of benzene rings is 1. The zero-order valence-electron chi connectivity index (χ0n) is 8.22. The predicted octanol–water partition coefficient (Wildman–Crippen LogP) is 2.29. The maximum atomic E-state index is 13.4. The molecule has 2 aromatic rings. The van der Waals surface area contributed by atoms with Crippen molar-refractivity contribution in [2.24, 2.45) is 0 Å². The summed E-state index contributed by atoms with van der Waals surface area (Å²) in [5, 5.41) is 1.34. The summed E-state index contributed by atoms with van der Waals surface area (Å²) in [7, 11) is -3.58. The second kappa shape index (κ2) is 3.68. The van der Waals surface area contributed by atoms with Crippen molar-refractivity contribution in [3.05, 3.63) is 48.4 Å². The third-order valence-electron chi connectivity index (χ3n) is 2.25. The van der Waals surface area contributed by atoms with Gasteiger partial charge in [0.25, 0.3) is 0 Å². The van der Waals surface area contributed by atoms with E-state index < -0.39 is 15.7 Å². The third kappa shape index (κ3) is 1.59. The number of pyridine rings is 1. The molecule has 3 nitrogen and oxygen atoms in total. The highest BCUT2D eigenvalue weighted by atomic mass is 32.2. The molecular weight excluding hydrogens is 228 g/mol. The Balaban J connectivity index is 2.94. The van der Waals surface area contributed by atoms with Gasteiger partial charge in [-0.3, -0.25) is 4.98 Å². The monoisotopic (exact) mass is 236 g/mol. The van der Waals surface area contributed by atoms with E-state index in [-0.39, 0.29) is 15.7 Å². The normalized spacial score (nSPS) is 11.6. The van der Waals surface area contributed by atoms with E-state index in [1.165, 1.54) is 24.5 Å². The van der Waals surface area contributed by atoms with Gasteiger partial charge in [0.2, 0.25) is 0 Å². The lowest BCUT2D eigenvalue weighted by Gasteiger charge is -2.04. The maximum absolute atomic E-state index is 13.4. The van der Waals surface area contributed by atoms with Crippen molar-refractivity contribution in [1.82, 2.24) is 4.98 Å². The molecular formula is C11H8FNO2S. The molecule has 1 aromatic heterocycles. The van der Waals surface area contributed by atoms with Crippen LogP contribution < -0.4 is 0 Å². The highest BCUT2D eigenvalue weighted by molar-refractivity contribution is 7.94. The molecule has 0 aliphatic heterocycles. The van der Waals surface area contributed by atoms with Crippen molar-refractivity contribution in [2.45, 2.75) is 4.90 Å². The molecule has 0 saturated heterocycles. The van der Waals surface area contributed by atoms with Crippen molar-refractivity contribution >= 4 is 20.6 Å². The first-order valence-electron chi connectivity index (χ1n) is 4.46. The largest absolute Gasteiger partial charge is 0.264 e. The Kier molecular flexibility index (Phi) is 2.47. The number of fused-ring (bicyclic) bond motifs is 1. The number of hydrogen-bond acceptors (Lipinski definition) is 3. The molecule has 0 atom stereocenters. The summed E-state index contributed by atoms with van der Waals surface area (Å²) in [5.74, 6) is -0.472. The van der Waals surface area contributed by atoms with Crippen molar-refractivity contribution in [3.8, 4) is 0 Å². The Morgan fingerprint density at radius 3 is 2.69 bits per heavy atom. The lowest BCUT2D eigenvalue weighted by molar-refractivity contribution is 0.605. The summed E-state index contributed by atoms with van der Waals surface area (Å²) in [4.78, 5) is 3.82. The molecule has 0 unspecified atom stereocenters. The van der Waals surface area contributed by atoms with Gasteiger partial charge in [0.05, 0.1) is 4.90 Å². The van der Waals surface area contributed by atoms with Crippen LogP contribution >= 0.6 is 0 Å². The summed E-state index contributed by atoms with van der Waals surface area (Å²) in [6, 6.07) is 3.78. The van der Waals surface area contributed by atoms with E-state index in [9.17, 15) is 12.8 Å². The fourth-order valence-corrected chi connectivity index (χ4v) is 2.37. The molecule has 1 aromatic carbocycles. The van der Waals surface area contributed by atoms with Crippen molar-refractivity contribution < 1.29 is 12.8 Å². The summed E-state index contributed by atoms with van der Waals surface area (Å²) in [6.45, 7) is 3.24. The van der Waals surface area contributed by atoms with Gasteiger partial charge in [-0.15, -0.1) is 0 Å². The van der Waals surface area contributed by atoms with Crippen LogP contribution in [0.15, 0.2) is 47.5 Å². The van der Waals surface area contributed by atoms with Gasteiger partial charge in [-0.1, -0.05) is 6.58 Å². The van der Waals surface area contributed by atoms with Crippen LogP contribution in [-0.2, 0) is 9.84 Å². The van der Waals surface area contributed by atoms with E-state index in [0.717, 1.165) is 11.5 Å². The molecule has 0 fully saturated rings. The number of nitrogens with zero attached hydrogens (tertiary/aromatic N) is 1. The molecule has 0 N–H and O–H groups in total. The molecule has 0 spiro atoms. The van der Waals surface area contributed by atoms with E-state index in [1.807, 2.05) is 0 Å². The minimum absolute atomic E-state index is 0.0204. The zero-order chi connectivity index (χ0) is 11.8. The van der Waals surface area contributed by atoms with Gasteiger partial charge >= 0.3 is 0 Å². The number of rotatable bonds is 2. The van der Waals surface area contributed by atoms with Gasteiger partial charge in [-0.2, -0.15) is 0 Å². The Morgan fingerprint density at radius 1 is 1.25 bits per heavy atom. The Bertz CT molecular complexity index is 665. The van der Waals surface area contributed by atoms with Gasteiger partial charge in [0, 0.05) is 28.6 Å². The van der Waals surface area contributed by atoms with Crippen LogP contribution in [0.25, 0.3) is 10.8 Å². The smallest absolute Gasteiger partial charge is 0.199 e. The standard InChI is InChI=1S/C11H8FNO2S/c1-2-16(14,15)11-4-3-10(12)8-5-6-13-7-9(8)11/h2-7H,1H2/i12-1. The Labute approximate surface area is 92.2 Å². The van der Waals surface area contributed by atoms with Crippen molar-refractivity contribution in [1.29, 1.82) is 0 Å². The van der Waals surface area contributed by atoms with Gasteiger partial charge in [-0.25, -0.2) is 12.8 Å². The molecule has 0 bridgehead atoms. The highest BCUT2D eigenvalue weighted by Crippen LogP contribution is 2.25. The van der Waals surface area contributed by atoms with Crippen LogP contribution in [0.2, 0.25) is 0 Å². The number of hydrogen-bond donors (Lipinski definition) is 0. The SMILES string of the molecule is C=CS(=O)(=O)c1ccc([18F])c2ccncc12. The first-order chi connectivity index (χ1) is 7.56. The molecule has 0 aliphatic rings. The van der Waals surface area contributed by atoms with Crippen LogP contribution in [0.3, 0.4) is 0 Å². The fourth-order valence-electron chi connectivity index (χ4n) is 1.47. The first-order valence-corrected chi connectivity index (χ1v) is 6.00. The summed E-state index contributed by atoms with van der Waals surface area (Å²) < 4.78 is 36.7. The van der Waals surface area contributed by atoms with E-state index in [0.29, 0.717) is 0 Å². The number of aromatic nitrogens is 1. The molecule has 0 saturated carbocycles. The molecule has 0 aliphatic carbocycles. The van der Waals surface area contributed by atoms with Crippen LogP contribution in [0, 0.1) is 5.82 Å². The van der Waals surface area contributed by atoms with Gasteiger partial charge in [0.1, 0.15) is 5.82 Å². The molecule has 82 valence electrons. The number of sulfone groups is 1. The van der Waals surface area contributed by atoms with Crippen molar-refractivity contribution in [2.75, 3.05) is 0 Å². The lowest BCUT2D eigenvalue weighted by atomic mass is 10.2. The minimum Gasteiger partial charge on any atom is -0.264 e. The molecule has 0 radical (unpaired) electrons. The lowest BCUT2D eigenvalue weighted by Crippen LogP contribution is -1.98. The van der Waals surface area contributed by atoms with E-state index in [4.69, 9.17) is 0 Å². The van der Waals surface area contributed by atoms with Crippen LogP contribution in [-0.4, -0.2) is 13.4 Å². The predicted molar refractivity (Wildman–Crippen MR) is 59.1 cm³/mol. The maximum Gasteiger partial charge on any atom is 0.199 e. The topological polar surface area (TPSA) is 47.0 Å². The summed E-state index contributed by atoms with van der Waals surface area (Å²) in [5.41, 5.74) is 0. The second-order valence-electron chi connectivity index (χ2n) is 3.18. The van der Waals surface area contributed by atoms with Crippen LogP contribution in [0.4, 0.5) is 4.39 Å². The molecule has 16 heavy (non-hydrogen) atoms. The summed E-state index contributed by atoms with van der Waals surface area (Å²) >= 11 is 0. The molecule has 2 rings (SSSR count). The average Bonchev–Trinajstić information content (AvgIpc) is 2.29. The Morgan fingerprint density at radius 2 is 2.00 bits per heavy atom. The highest BCUT2D eigenvalue weighted by Gasteiger charge is 2.15. The van der Waals surface area contributed by atoms with Crippen molar-refractivity contribution in [3.63, 3.8) is 0 Å². The molecule has 0 amide bonds.